The molecule has 1 amide bonds. The van der Waals surface area contributed by atoms with E-state index in [1.165, 1.54) is 0 Å². The van der Waals surface area contributed by atoms with E-state index in [2.05, 4.69) is 15.4 Å². The summed E-state index contributed by atoms with van der Waals surface area (Å²) >= 11 is 0. The summed E-state index contributed by atoms with van der Waals surface area (Å²) in [7, 11) is 0. The van der Waals surface area contributed by atoms with Gasteiger partial charge in [-0.3, -0.25) is 4.79 Å². The van der Waals surface area contributed by atoms with Crippen LogP contribution in [0.4, 0.5) is 26.3 Å². The highest BCUT2D eigenvalue weighted by Gasteiger charge is 2.38. The van der Waals surface area contributed by atoms with Gasteiger partial charge in [0.05, 0.1) is 6.04 Å². The number of amides is 1. The fourth-order valence-corrected chi connectivity index (χ4v) is 2.53. The van der Waals surface area contributed by atoms with Crippen LogP contribution >= 0.6 is 0 Å². The third-order valence-electron chi connectivity index (χ3n) is 4.25. The average molecular weight is 444 g/mol. The number of halogens is 6. The molecule has 1 saturated heterocycles. The second-order valence-electron chi connectivity index (χ2n) is 6.54. The molecule has 0 spiro atoms. The van der Waals surface area contributed by atoms with Gasteiger partial charge < -0.3 is 25.2 Å². The lowest BCUT2D eigenvalue weighted by atomic mass is 9.81. The normalized spacial score (nSPS) is 20.9. The number of ether oxygens (including phenoxy) is 2. The van der Waals surface area contributed by atoms with Crippen molar-refractivity contribution >= 4 is 11.9 Å². The Morgan fingerprint density at radius 1 is 1.17 bits per heavy atom. The van der Waals surface area contributed by atoms with Crippen LogP contribution in [-0.4, -0.2) is 55.0 Å². The smallest absolute Gasteiger partial charge is 0.486 e. The maximum atomic E-state index is 13.3. The van der Waals surface area contributed by atoms with Gasteiger partial charge in [0.1, 0.15) is 11.9 Å². The van der Waals surface area contributed by atoms with Crippen LogP contribution in [0.5, 0.6) is 11.5 Å². The Hall–Kier alpha value is -2.70. The van der Waals surface area contributed by atoms with Crippen LogP contribution in [0.1, 0.15) is 12.8 Å². The molecule has 13 heteroatoms. The van der Waals surface area contributed by atoms with Crippen molar-refractivity contribution in [3.8, 4) is 11.5 Å². The highest BCUT2D eigenvalue weighted by molar-refractivity contribution is 5.80. The molecule has 1 aliphatic carbocycles. The second kappa shape index (κ2) is 9.87. The molecule has 0 aromatic heterocycles. The molecule has 1 aliphatic heterocycles. The third-order valence-corrected chi connectivity index (χ3v) is 4.25. The van der Waals surface area contributed by atoms with Crippen molar-refractivity contribution in [1.29, 1.82) is 0 Å². The van der Waals surface area contributed by atoms with Gasteiger partial charge in [0, 0.05) is 25.1 Å². The largest absolute Gasteiger partial charge is 0.490 e. The number of hydrogen-bond acceptors (Lipinski definition) is 5. The minimum atomic E-state index is -5.08. The molecule has 0 radical (unpaired) electrons. The summed E-state index contributed by atoms with van der Waals surface area (Å²) in [5.41, 5.74) is 0. The SMILES string of the molecule is O=C(NC1CNC1)[C@H]1C[C@H](Oc2cc(F)ccc2OC(F)F)C1.O=C(O)C(F)(F)F. The van der Waals surface area contributed by atoms with Crippen molar-refractivity contribution in [2.24, 2.45) is 5.92 Å². The number of carbonyl (C=O) groups excluding carboxylic acids is 1. The monoisotopic (exact) mass is 444 g/mol. The zero-order valence-electron chi connectivity index (χ0n) is 15.2. The van der Waals surface area contributed by atoms with E-state index in [4.69, 9.17) is 14.6 Å². The zero-order chi connectivity index (χ0) is 22.5. The van der Waals surface area contributed by atoms with E-state index in [9.17, 15) is 31.1 Å². The second-order valence-corrected chi connectivity index (χ2v) is 6.54. The van der Waals surface area contributed by atoms with Gasteiger partial charge in [0.15, 0.2) is 11.5 Å². The van der Waals surface area contributed by atoms with E-state index in [-0.39, 0.29) is 35.5 Å². The maximum Gasteiger partial charge on any atom is 0.490 e. The summed E-state index contributed by atoms with van der Waals surface area (Å²) in [6.45, 7) is -1.47. The Kier molecular flexibility index (Phi) is 7.76. The minimum absolute atomic E-state index is 0.0281. The summed E-state index contributed by atoms with van der Waals surface area (Å²) in [5.74, 6) is -3.83. The molecule has 7 nitrogen and oxygen atoms in total. The van der Waals surface area contributed by atoms with E-state index >= 15 is 0 Å². The average Bonchev–Trinajstić information content (AvgIpc) is 2.55. The van der Waals surface area contributed by atoms with Crippen molar-refractivity contribution in [2.75, 3.05) is 13.1 Å². The molecular formula is C17H18F6N2O5. The lowest BCUT2D eigenvalue weighted by molar-refractivity contribution is -0.192. The number of hydrogen-bond donors (Lipinski definition) is 3. The number of nitrogens with one attached hydrogen (secondary N) is 2. The molecular weight excluding hydrogens is 426 g/mol. The van der Waals surface area contributed by atoms with Crippen LogP contribution in [0, 0.1) is 11.7 Å². The molecule has 0 bridgehead atoms. The molecule has 1 heterocycles. The van der Waals surface area contributed by atoms with Crippen molar-refractivity contribution in [3.05, 3.63) is 24.0 Å². The van der Waals surface area contributed by atoms with Crippen molar-refractivity contribution < 1.29 is 50.5 Å². The molecule has 1 aromatic carbocycles. The first-order valence-corrected chi connectivity index (χ1v) is 8.68. The van der Waals surface area contributed by atoms with Crippen LogP contribution in [0.25, 0.3) is 0 Å². The molecule has 3 rings (SSSR count). The molecule has 168 valence electrons. The van der Waals surface area contributed by atoms with E-state index in [1.807, 2.05) is 0 Å². The summed E-state index contributed by atoms with van der Waals surface area (Å²) in [5, 5.41) is 13.1. The number of rotatable bonds is 6. The van der Waals surface area contributed by atoms with Gasteiger partial charge in [-0.1, -0.05) is 0 Å². The number of aliphatic carboxylic acids is 1. The Bertz CT molecular complexity index is 751. The van der Waals surface area contributed by atoms with E-state index in [0.29, 0.717) is 12.8 Å². The Balaban J connectivity index is 0.000000396. The maximum absolute atomic E-state index is 13.3. The van der Waals surface area contributed by atoms with Gasteiger partial charge >= 0.3 is 18.8 Å². The molecule has 2 aliphatic rings. The summed E-state index contributed by atoms with van der Waals surface area (Å²) in [4.78, 5) is 20.8. The molecule has 1 saturated carbocycles. The standard InChI is InChI=1S/C15H17F3N2O3.C2HF3O2/c16-9-1-2-12(23-15(17)18)13(5-9)22-11-3-8(4-11)14(21)20-10-6-19-7-10;3-2(4,5)1(6)7/h1-2,5,8,10-11,15,19H,3-4,6-7H2,(H,20,21);(H,6,7)/t8-,11-;. The molecule has 0 unspecified atom stereocenters. The lowest BCUT2D eigenvalue weighted by Gasteiger charge is -2.37. The van der Waals surface area contributed by atoms with E-state index < -0.39 is 24.6 Å². The van der Waals surface area contributed by atoms with Crippen molar-refractivity contribution in [1.82, 2.24) is 10.6 Å². The van der Waals surface area contributed by atoms with Crippen LogP contribution in [0.3, 0.4) is 0 Å². The predicted molar refractivity (Wildman–Crippen MR) is 88.7 cm³/mol. The summed E-state index contributed by atoms with van der Waals surface area (Å²) in [6, 6.07) is 3.31. The van der Waals surface area contributed by atoms with E-state index in [0.717, 1.165) is 31.3 Å². The number of carbonyl (C=O) groups is 2. The van der Waals surface area contributed by atoms with Crippen molar-refractivity contribution in [2.45, 2.75) is 37.8 Å². The van der Waals surface area contributed by atoms with Gasteiger partial charge in [-0.15, -0.1) is 0 Å². The molecule has 0 atom stereocenters. The molecule has 2 fully saturated rings. The topological polar surface area (TPSA) is 96.9 Å². The molecule has 30 heavy (non-hydrogen) atoms. The van der Waals surface area contributed by atoms with Gasteiger partial charge in [0.25, 0.3) is 0 Å². The first-order valence-electron chi connectivity index (χ1n) is 8.68. The van der Waals surface area contributed by atoms with Gasteiger partial charge in [0.2, 0.25) is 5.91 Å². The van der Waals surface area contributed by atoms with Crippen LogP contribution in [0.15, 0.2) is 18.2 Å². The van der Waals surface area contributed by atoms with Crippen molar-refractivity contribution in [3.63, 3.8) is 0 Å². The highest BCUT2D eigenvalue weighted by atomic mass is 19.4. The summed E-state index contributed by atoms with van der Waals surface area (Å²) in [6.07, 6.45) is -4.46. The first kappa shape index (κ1) is 23.6. The fraction of sp³-hybridized carbons (Fsp3) is 0.529. The molecule has 1 aromatic rings. The fourth-order valence-electron chi connectivity index (χ4n) is 2.53. The minimum Gasteiger partial charge on any atom is -0.486 e. The first-order chi connectivity index (χ1) is 14.0. The third kappa shape index (κ3) is 6.97. The lowest BCUT2D eigenvalue weighted by Crippen LogP contribution is -2.59. The van der Waals surface area contributed by atoms with Crippen LogP contribution in [0.2, 0.25) is 0 Å². The summed E-state index contributed by atoms with van der Waals surface area (Å²) < 4.78 is 79.5. The Labute approximate surface area is 166 Å². The van der Waals surface area contributed by atoms with Gasteiger partial charge in [-0.25, -0.2) is 9.18 Å². The van der Waals surface area contributed by atoms with E-state index in [1.54, 1.807) is 0 Å². The number of carboxylic acids is 1. The highest BCUT2D eigenvalue weighted by Crippen LogP contribution is 2.36. The van der Waals surface area contributed by atoms with Crippen LogP contribution in [-0.2, 0) is 9.59 Å². The Morgan fingerprint density at radius 3 is 2.23 bits per heavy atom. The Morgan fingerprint density at radius 2 is 1.77 bits per heavy atom. The quantitative estimate of drug-likeness (QED) is 0.583. The van der Waals surface area contributed by atoms with Crippen LogP contribution < -0.4 is 20.1 Å². The number of carboxylic acid groups (broad SMARTS) is 1. The molecule has 3 N–H and O–H groups in total. The zero-order valence-corrected chi connectivity index (χ0v) is 15.2. The van der Waals surface area contributed by atoms with Gasteiger partial charge in [-0.2, -0.15) is 22.0 Å². The van der Waals surface area contributed by atoms with Gasteiger partial charge in [-0.05, 0) is 25.0 Å². The number of alkyl halides is 5. The number of benzene rings is 1. The predicted octanol–water partition coefficient (Wildman–Crippen LogP) is 2.31.